The number of nitrogens with zero attached hydrogens (tertiary/aromatic N) is 5. The minimum absolute atomic E-state index is 0.00871. The van der Waals surface area contributed by atoms with Gasteiger partial charge < -0.3 is 14.3 Å². The van der Waals surface area contributed by atoms with Crippen molar-refractivity contribution in [2.24, 2.45) is 0 Å². The molecule has 0 atom stereocenters. The van der Waals surface area contributed by atoms with Gasteiger partial charge in [-0.15, -0.1) is 0 Å². The first kappa shape index (κ1) is 18.3. The van der Waals surface area contributed by atoms with Crippen LogP contribution in [0.3, 0.4) is 0 Å². The van der Waals surface area contributed by atoms with Gasteiger partial charge in [-0.1, -0.05) is 11.6 Å². The van der Waals surface area contributed by atoms with Crippen LogP contribution in [0.2, 0.25) is 5.02 Å². The van der Waals surface area contributed by atoms with E-state index in [2.05, 4.69) is 15.1 Å². The lowest BCUT2D eigenvalue weighted by molar-refractivity contribution is -0.137. The molecule has 1 saturated heterocycles. The first-order valence-electron chi connectivity index (χ1n) is 8.87. The van der Waals surface area contributed by atoms with Gasteiger partial charge in [0.05, 0.1) is 10.6 Å². The molecule has 0 aromatic carbocycles. The maximum atomic E-state index is 12.8. The molecular weight excluding hydrogens is 383 g/mol. The molecular formula is C17H19ClF3N5O. The highest BCUT2D eigenvalue weighted by Gasteiger charge is 2.33. The maximum absolute atomic E-state index is 12.8. The molecule has 0 N–H and O–H groups in total. The van der Waals surface area contributed by atoms with Gasteiger partial charge in [-0.2, -0.15) is 18.2 Å². The predicted molar refractivity (Wildman–Crippen MR) is 94.2 cm³/mol. The maximum Gasteiger partial charge on any atom is 0.417 e. The molecule has 0 bridgehead atoms. The number of alkyl halides is 3. The third-order valence-corrected chi connectivity index (χ3v) is 5.41. The molecule has 3 heterocycles. The van der Waals surface area contributed by atoms with Crippen LogP contribution in [0, 0.1) is 0 Å². The summed E-state index contributed by atoms with van der Waals surface area (Å²) < 4.78 is 43.7. The van der Waals surface area contributed by atoms with E-state index in [0.717, 1.165) is 37.9 Å². The van der Waals surface area contributed by atoms with E-state index in [1.165, 1.54) is 0 Å². The molecule has 1 saturated carbocycles. The van der Waals surface area contributed by atoms with Gasteiger partial charge in [0, 0.05) is 38.3 Å². The Hall–Kier alpha value is -2.03. The highest BCUT2D eigenvalue weighted by atomic mass is 35.5. The molecule has 0 amide bonds. The second-order valence-corrected chi connectivity index (χ2v) is 7.47. The van der Waals surface area contributed by atoms with E-state index in [0.29, 0.717) is 36.8 Å². The van der Waals surface area contributed by atoms with E-state index in [1.807, 2.05) is 16.8 Å². The van der Waals surface area contributed by atoms with Crippen molar-refractivity contribution < 1.29 is 17.7 Å². The van der Waals surface area contributed by atoms with Crippen LogP contribution in [0.1, 0.15) is 43.1 Å². The van der Waals surface area contributed by atoms with Crippen molar-refractivity contribution in [3.05, 3.63) is 28.7 Å². The lowest BCUT2D eigenvalue weighted by Crippen LogP contribution is -2.34. The quantitative estimate of drug-likeness (QED) is 0.768. The van der Waals surface area contributed by atoms with Crippen molar-refractivity contribution in [3.63, 3.8) is 0 Å². The van der Waals surface area contributed by atoms with Crippen molar-refractivity contribution in [2.75, 3.05) is 29.9 Å². The molecule has 10 heteroatoms. The zero-order valence-electron chi connectivity index (χ0n) is 14.7. The monoisotopic (exact) mass is 401 g/mol. The number of pyridine rings is 1. The summed E-state index contributed by atoms with van der Waals surface area (Å²) in [5.41, 5.74) is -0.843. The predicted octanol–water partition coefficient (Wildman–Crippen LogP) is 4.12. The van der Waals surface area contributed by atoms with E-state index < -0.39 is 11.7 Å². The first-order chi connectivity index (χ1) is 12.8. The van der Waals surface area contributed by atoms with E-state index in [4.69, 9.17) is 16.1 Å². The Bertz CT molecular complexity index is 815. The molecule has 0 spiro atoms. The van der Waals surface area contributed by atoms with Crippen LogP contribution in [0.15, 0.2) is 16.8 Å². The molecule has 6 nitrogen and oxygen atoms in total. The molecule has 27 heavy (non-hydrogen) atoms. The Kier molecular flexibility index (Phi) is 4.65. The number of rotatable bonds is 4. The fraction of sp³-hybridized carbons (Fsp3) is 0.588. The van der Waals surface area contributed by atoms with Crippen LogP contribution in [-0.4, -0.2) is 41.3 Å². The van der Waals surface area contributed by atoms with Crippen molar-refractivity contribution in [2.45, 2.75) is 43.8 Å². The molecule has 4 rings (SSSR count). The molecule has 0 unspecified atom stereocenters. The minimum atomic E-state index is -4.45. The largest absolute Gasteiger partial charge is 0.417 e. The molecule has 2 aromatic heterocycles. The van der Waals surface area contributed by atoms with Gasteiger partial charge >= 0.3 is 6.18 Å². The van der Waals surface area contributed by atoms with Gasteiger partial charge in [0.2, 0.25) is 5.89 Å². The molecule has 1 aliphatic carbocycles. The van der Waals surface area contributed by atoms with Crippen LogP contribution < -0.4 is 9.80 Å². The van der Waals surface area contributed by atoms with Gasteiger partial charge in [0.15, 0.2) is 0 Å². The molecule has 0 radical (unpaired) electrons. The van der Waals surface area contributed by atoms with Gasteiger partial charge in [0.1, 0.15) is 5.82 Å². The number of aromatic nitrogens is 3. The highest BCUT2D eigenvalue weighted by Crippen LogP contribution is 2.36. The second kappa shape index (κ2) is 6.85. The normalized spacial score (nSPS) is 18.8. The summed E-state index contributed by atoms with van der Waals surface area (Å²) >= 11 is 6.05. The Morgan fingerprint density at radius 2 is 1.93 bits per heavy atom. The molecule has 2 aromatic rings. The molecule has 1 aliphatic heterocycles. The number of anilines is 2. The molecule has 2 fully saturated rings. The topological polar surface area (TPSA) is 58.3 Å². The number of piperidine rings is 1. The Labute approximate surface area is 159 Å². The number of hydrogen-bond donors (Lipinski definition) is 0. The highest BCUT2D eigenvalue weighted by molar-refractivity contribution is 6.33. The lowest BCUT2D eigenvalue weighted by Gasteiger charge is -2.31. The van der Waals surface area contributed by atoms with Crippen LogP contribution in [0.5, 0.6) is 0 Å². The standard InChI is InChI=1S/C17H19ClF3N5O/c1-25(12-2-3-12)16-23-15(27-24-16)10-4-6-26(7-5-10)14-13(18)8-11(9-22-14)17(19,20)21/h8-10,12H,2-7H2,1H3. The zero-order valence-corrected chi connectivity index (χ0v) is 15.5. The fourth-order valence-electron chi connectivity index (χ4n) is 3.32. The van der Waals surface area contributed by atoms with Crippen molar-refractivity contribution in [1.29, 1.82) is 0 Å². The first-order valence-corrected chi connectivity index (χ1v) is 9.25. The van der Waals surface area contributed by atoms with Crippen LogP contribution in [-0.2, 0) is 6.18 Å². The smallest absolute Gasteiger partial charge is 0.355 e. The average molecular weight is 402 g/mol. The molecule has 2 aliphatic rings. The lowest BCUT2D eigenvalue weighted by atomic mass is 9.97. The fourth-order valence-corrected chi connectivity index (χ4v) is 3.60. The average Bonchev–Trinajstić information content (AvgIpc) is 3.37. The summed E-state index contributed by atoms with van der Waals surface area (Å²) in [6, 6.07) is 1.43. The van der Waals surface area contributed by atoms with Gasteiger partial charge in [-0.25, -0.2) is 4.98 Å². The van der Waals surface area contributed by atoms with Crippen molar-refractivity contribution in [3.8, 4) is 0 Å². The number of halogens is 4. The van der Waals surface area contributed by atoms with E-state index in [1.54, 1.807) is 0 Å². The summed E-state index contributed by atoms with van der Waals surface area (Å²) in [4.78, 5) is 12.4. The summed E-state index contributed by atoms with van der Waals surface area (Å²) in [6.45, 7) is 1.22. The summed E-state index contributed by atoms with van der Waals surface area (Å²) in [5.74, 6) is 1.73. The van der Waals surface area contributed by atoms with Crippen LogP contribution >= 0.6 is 11.6 Å². The Balaban J connectivity index is 1.40. The zero-order chi connectivity index (χ0) is 19.2. The van der Waals surface area contributed by atoms with E-state index in [-0.39, 0.29) is 10.9 Å². The molecule has 146 valence electrons. The Morgan fingerprint density at radius 1 is 1.22 bits per heavy atom. The summed E-state index contributed by atoms with van der Waals surface area (Å²) in [6.07, 6.45) is 0.164. The third kappa shape index (κ3) is 3.83. The third-order valence-electron chi connectivity index (χ3n) is 5.13. The van der Waals surface area contributed by atoms with Crippen molar-refractivity contribution >= 4 is 23.4 Å². The summed E-state index contributed by atoms with van der Waals surface area (Å²) in [5, 5.41) is 4.07. The van der Waals surface area contributed by atoms with E-state index in [9.17, 15) is 13.2 Å². The van der Waals surface area contributed by atoms with Crippen LogP contribution in [0.4, 0.5) is 24.9 Å². The minimum Gasteiger partial charge on any atom is -0.355 e. The summed E-state index contributed by atoms with van der Waals surface area (Å²) in [7, 11) is 1.97. The van der Waals surface area contributed by atoms with Gasteiger partial charge in [-0.3, -0.25) is 0 Å². The van der Waals surface area contributed by atoms with Gasteiger partial charge in [-0.05, 0) is 36.9 Å². The SMILES string of the molecule is CN(c1noc(C2CCN(c3ncc(C(F)(F)F)cc3Cl)CC2)n1)C1CC1. The van der Waals surface area contributed by atoms with E-state index >= 15 is 0 Å². The van der Waals surface area contributed by atoms with Gasteiger partial charge in [0.25, 0.3) is 5.95 Å². The second-order valence-electron chi connectivity index (χ2n) is 7.06. The Morgan fingerprint density at radius 3 is 2.52 bits per heavy atom. The van der Waals surface area contributed by atoms with Crippen molar-refractivity contribution in [1.82, 2.24) is 15.1 Å². The van der Waals surface area contributed by atoms with Crippen LogP contribution in [0.25, 0.3) is 0 Å². The number of hydrogen-bond acceptors (Lipinski definition) is 6.